The molecule has 3 aromatic rings. The lowest BCUT2D eigenvalue weighted by atomic mass is 9.90. The van der Waals surface area contributed by atoms with Crippen LogP contribution in [-0.2, 0) is 9.53 Å². The lowest BCUT2D eigenvalue weighted by molar-refractivity contribution is -0.111. The van der Waals surface area contributed by atoms with E-state index in [0.29, 0.717) is 42.5 Å². The number of nitrogens with zero attached hydrogens (tertiary/aromatic N) is 4. The van der Waals surface area contributed by atoms with Gasteiger partial charge in [-0.1, -0.05) is 19.1 Å². The highest BCUT2D eigenvalue weighted by atomic mass is 19.1. The van der Waals surface area contributed by atoms with E-state index in [9.17, 15) is 9.18 Å². The second-order valence-electron chi connectivity index (χ2n) is 11.2. The average molecular weight is 605 g/mol. The van der Waals surface area contributed by atoms with Gasteiger partial charge in [-0.15, -0.1) is 0 Å². The normalized spacial score (nSPS) is 16.1. The minimum Gasteiger partial charge on any atom is -0.494 e. The number of ether oxygens (including phenoxy) is 2. The van der Waals surface area contributed by atoms with Crippen LogP contribution in [0.5, 0.6) is 5.75 Å². The molecule has 0 bridgehead atoms. The van der Waals surface area contributed by atoms with Crippen LogP contribution in [0.4, 0.5) is 31.8 Å². The van der Waals surface area contributed by atoms with Crippen molar-refractivity contribution in [3.05, 3.63) is 83.2 Å². The predicted octanol–water partition coefficient (Wildman–Crippen LogP) is 5.73. The monoisotopic (exact) mass is 604 g/mol. The molecular weight excluding hydrogens is 566 g/mol. The quantitative estimate of drug-likeness (QED) is 0.284. The number of halogens is 2. The van der Waals surface area contributed by atoms with Gasteiger partial charge in [-0.2, -0.15) is 0 Å². The van der Waals surface area contributed by atoms with Gasteiger partial charge in [0, 0.05) is 44.3 Å². The number of fused-ring (bicyclic) bond motifs is 3. The van der Waals surface area contributed by atoms with Crippen LogP contribution in [0.2, 0.25) is 0 Å². The summed E-state index contributed by atoms with van der Waals surface area (Å²) in [6.07, 6.45) is 4.97. The van der Waals surface area contributed by atoms with Crippen LogP contribution >= 0.6 is 0 Å². The molecule has 0 spiro atoms. The summed E-state index contributed by atoms with van der Waals surface area (Å²) in [5.41, 5.74) is 4.91. The van der Waals surface area contributed by atoms with Gasteiger partial charge >= 0.3 is 0 Å². The number of likely N-dealkylation sites (N-methyl/N-ethyl adjacent to an activating group) is 2. The zero-order valence-corrected chi connectivity index (χ0v) is 25.5. The van der Waals surface area contributed by atoms with E-state index in [0.717, 1.165) is 54.4 Å². The number of hydrogen-bond acceptors (Lipinski definition) is 8. The Labute approximate surface area is 256 Å². The average Bonchev–Trinajstić information content (AvgIpc) is 3.27. The number of rotatable bonds is 10. The van der Waals surface area contributed by atoms with Gasteiger partial charge < -0.3 is 29.9 Å². The number of carbonyl (C=O) groups is 1. The molecule has 0 radical (unpaired) electrons. The molecule has 11 heteroatoms. The Bertz CT molecular complexity index is 1590. The van der Waals surface area contributed by atoms with E-state index in [1.807, 2.05) is 32.1 Å². The SMILES string of the molecule is C=CC(=O)Nc1cc(Nc2ncc(F)c(C3=C4COCCCCC4c4cc(F)ccc43)n2)c(OC)cc1N(C)CCN(C)C. The summed E-state index contributed by atoms with van der Waals surface area (Å²) < 4.78 is 41.5. The molecule has 1 aromatic heterocycles. The maximum atomic E-state index is 15.5. The van der Waals surface area contributed by atoms with Crippen molar-refractivity contribution in [2.24, 2.45) is 0 Å². The Hall–Kier alpha value is -4.35. The summed E-state index contributed by atoms with van der Waals surface area (Å²) in [7, 11) is 7.45. The van der Waals surface area contributed by atoms with E-state index in [2.05, 4.69) is 32.1 Å². The fraction of sp³-hybridized carbons (Fsp3) is 0.364. The van der Waals surface area contributed by atoms with Crippen LogP contribution < -0.4 is 20.3 Å². The highest BCUT2D eigenvalue weighted by Gasteiger charge is 2.35. The third-order valence-corrected chi connectivity index (χ3v) is 7.97. The zero-order valence-electron chi connectivity index (χ0n) is 25.5. The Morgan fingerprint density at radius 1 is 1.16 bits per heavy atom. The van der Waals surface area contributed by atoms with Crippen molar-refractivity contribution >= 4 is 34.5 Å². The molecule has 2 N–H and O–H groups in total. The van der Waals surface area contributed by atoms with Crippen LogP contribution in [0, 0.1) is 11.6 Å². The van der Waals surface area contributed by atoms with Gasteiger partial charge in [0.25, 0.3) is 0 Å². The number of amides is 1. The van der Waals surface area contributed by atoms with Crippen LogP contribution in [0.25, 0.3) is 5.57 Å². The number of nitrogens with one attached hydrogen (secondary N) is 2. The van der Waals surface area contributed by atoms with Gasteiger partial charge in [-0.3, -0.25) is 4.79 Å². The highest BCUT2D eigenvalue weighted by molar-refractivity contribution is 6.02. The van der Waals surface area contributed by atoms with E-state index in [4.69, 9.17) is 9.47 Å². The van der Waals surface area contributed by atoms with E-state index in [1.165, 1.54) is 18.2 Å². The van der Waals surface area contributed by atoms with Gasteiger partial charge in [0.15, 0.2) is 5.82 Å². The van der Waals surface area contributed by atoms with Crippen molar-refractivity contribution in [2.75, 3.05) is 70.1 Å². The molecule has 2 heterocycles. The van der Waals surface area contributed by atoms with E-state index in [-0.39, 0.29) is 29.3 Å². The molecule has 0 saturated carbocycles. The standard InChI is InChI=1S/C33H38F2N6O3/c1-6-30(42)37-26-16-27(29(43-5)17-28(26)41(4)13-12-40(2)3)38-33-36-18-25(35)32(39-33)31-22-11-10-20(34)15-23(22)21-9-7-8-14-44-19-24(21)31/h6,10-11,15-18,21H,1,7-9,12-14,19H2,2-5H3,(H,37,42)(H,36,38,39). The van der Waals surface area contributed by atoms with Gasteiger partial charge in [0.1, 0.15) is 17.3 Å². The first-order valence-electron chi connectivity index (χ1n) is 14.6. The Kier molecular flexibility index (Phi) is 9.55. The van der Waals surface area contributed by atoms with Gasteiger partial charge in [0.2, 0.25) is 11.9 Å². The molecule has 1 unspecified atom stereocenters. The molecule has 1 aliphatic heterocycles. The number of aromatic nitrogens is 2. The van der Waals surface area contributed by atoms with Crippen LogP contribution in [0.1, 0.15) is 42.0 Å². The molecule has 44 heavy (non-hydrogen) atoms. The summed E-state index contributed by atoms with van der Waals surface area (Å²) in [5, 5.41) is 6.03. The third-order valence-electron chi connectivity index (χ3n) is 7.97. The number of carbonyl (C=O) groups excluding carboxylic acids is 1. The van der Waals surface area contributed by atoms with Crippen LogP contribution in [-0.4, -0.2) is 75.3 Å². The summed E-state index contributed by atoms with van der Waals surface area (Å²) >= 11 is 0. The number of methoxy groups -OCH3 is 1. The molecule has 5 rings (SSSR count). The maximum absolute atomic E-state index is 15.5. The summed E-state index contributed by atoms with van der Waals surface area (Å²) in [6.45, 7) is 5.97. The molecule has 1 fully saturated rings. The summed E-state index contributed by atoms with van der Waals surface area (Å²) in [6, 6.07) is 8.15. The maximum Gasteiger partial charge on any atom is 0.247 e. The summed E-state index contributed by atoms with van der Waals surface area (Å²) in [5.74, 6) is -0.777. The first kappa shape index (κ1) is 31.1. The smallest absolute Gasteiger partial charge is 0.247 e. The lowest BCUT2D eigenvalue weighted by Gasteiger charge is -2.26. The Morgan fingerprint density at radius 3 is 2.73 bits per heavy atom. The van der Waals surface area contributed by atoms with Crippen molar-refractivity contribution in [3.63, 3.8) is 0 Å². The zero-order chi connectivity index (χ0) is 31.4. The minimum absolute atomic E-state index is 0.0741. The highest BCUT2D eigenvalue weighted by Crippen LogP contribution is 2.48. The number of hydrogen-bond donors (Lipinski definition) is 2. The first-order chi connectivity index (χ1) is 21.2. The van der Waals surface area contributed by atoms with Crippen LogP contribution in [0.15, 0.2) is 54.8 Å². The molecule has 9 nitrogen and oxygen atoms in total. The topological polar surface area (TPSA) is 91.8 Å². The molecule has 1 aliphatic carbocycles. The van der Waals surface area contributed by atoms with E-state index in [1.54, 1.807) is 19.2 Å². The second-order valence-corrected chi connectivity index (χ2v) is 11.2. The van der Waals surface area contributed by atoms with Crippen molar-refractivity contribution in [1.82, 2.24) is 14.9 Å². The van der Waals surface area contributed by atoms with Crippen molar-refractivity contribution in [1.29, 1.82) is 0 Å². The predicted molar refractivity (Wildman–Crippen MR) is 169 cm³/mol. The molecule has 232 valence electrons. The van der Waals surface area contributed by atoms with Crippen molar-refractivity contribution in [2.45, 2.75) is 25.2 Å². The van der Waals surface area contributed by atoms with Crippen LogP contribution in [0.3, 0.4) is 0 Å². The van der Waals surface area contributed by atoms with E-state index < -0.39 is 5.82 Å². The third kappa shape index (κ3) is 6.58. The molecule has 1 atom stereocenters. The molecule has 1 saturated heterocycles. The Balaban J connectivity index is 1.56. The van der Waals surface area contributed by atoms with E-state index >= 15 is 4.39 Å². The fourth-order valence-electron chi connectivity index (χ4n) is 5.73. The van der Waals surface area contributed by atoms with Crippen molar-refractivity contribution in [3.8, 4) is 5.75 Å². The molecular formula is C33H38F2N6O3. The molecule has 1 amide bonds. The summed E-state index contributed by atoms with van der Waals surface area (Å²) in [4.78, 5) is 25.3. The fourth-order valence-corrected chi connectivity index (χ4v) is 5.73. The first-order valence-corrected chi connectivity index (χ1v) is 14.6. The lowest BCUT2D eigenvalue weighted by Crippen LogP contribution is -2.29. The number of benzene rings is 2. The second kappa shape index (κ2) is 13.5. The number of anilines is 4. The molecule has 2 aliphatic rings. The molecule has 2 aromatic carbocycles. The van der Waals surface area contributed by atoms with Gasteiger partial charge in [0.05, 0.1) is 37.0 Å². The van der Waals surface area contributed by atoms with Gasteiger partial charge in [-0.25, -0.2) is 18.7 Å². The Morgan fingerprint density at radius 2 is 1.98 bits per heavy atom. The van der Waals surface area contributed by atoms with Gasteiger partial charge in [-0.05, 0) is 67.9 Å². The van der Waals surface area contributed by atoms with Crippen molar-refractivity contribution < 1.29 is 23.0 Å². The minimum atomic E-state index is -0.597. The largest absolute Gasteiger partial charge is 0.494 e.